The van der Waals surface area contributed by atoms with Crippen molar-refractivity contribution in [3.05, 3.63) is 83.8 Å². The summed E-state index contributed by atoms with van der Waals surface area (Å²) in [5.74, 6) is -1.07. The number of nitrogens with one attached hydrogen (secondary N) is 1. The second-order valence-electron chi connectivity index (χ2n) is 7.79. The van der Waals surface area contributed by atoms with Crippen molar-refractivity contribution in [2.75, 3.05) is 11.9 Å². The smallest absolute Gasteiger partial charge is 0.359 e. The number of nitrogens with zero attached hydrogens (tertiary/aromatic N) is 3. The zero-order valence-electron chi connectivity index (χ0n) is 18.0. The fourth-order valence-corrected chi connectivity index (χ4v) is 4.50. The van der Waals surface area contributed by atoms with Crippen molar-refractivity contribution in [2.45, 2.75) is 13.8 Å². The van der Waals surface area contributed by atoms with Gasteiger partial charge in [-0.3, -0.25) is 4.79 Å². The number of carbonyl (C=O) groups is 2. The summed E-state index contributed by atoms with van der Waals surface area (Å²) in [4.78, 5) is 33.4. The topological polar surface area (TPSA) is 85.6 Å². The Labute approximate surface area is 193 Å². The highest BCUT2D eigenvalue weighted by atomic mass is 32.1. The van der Waals surface area contributed by atoms with E-state index in [1.54, 1.807) is 34.1 Å². The molecule has 0 aliphatic rings. The van der Waals surface area contributed by atoms with Crippen molar-refractivity contribution in [1.29, 1.82) is 0 Å². The molecule has 0 bridgehead atoms. The van der Waals surface area contributed by atoms with Crippen molar-refractivity contribution in [1.82, 2.24) is 14.4 Å². The number of benzene rings is 2. The van der Waals surface area contributed by atoms with Gasteiger partial charge in [0.2, 0.25) is 0 Å². The van der Waals surface area contributed by atoms with Gasteiger partial charge in [-0.15, -0.1) is 11.3 Å². The fourth-order valence-electron chi connectivity index (χ4n) is 3.44. The zero-order chi connectivity index (χ0) is 22.9. The molecule has 0 saturated heterocycles. The van der Waals surface area contributed by atoms with E-state index in [9.17, 15) is 9.59 Å². The summed E-state index contributed by atoms with van der Waals surface area (Å²) < 4.78 is 8.00. The van der Waals surface area contributed by atoms with Crippen LogP contribution in [0, 0.1) is 13.8 Å². The Kier molecular flexibility index (Phi) is 5.35. The lowest BCUT2D eigenvalue weighted by Crippen LogP contribution is -2.21. The SMILES string of the molecule is Cc1ccc2nc(-c3ccc(NC(=O)COC(=O)c4cn5ccc(C)cc5n4)cc3)sc2c1. The molecule has 2 aromatic carbocycles. The Balaban J connectivity index is 1.20. The van der Waals surface area contributed by atoms with Crippen LogP contribution in [0.25, 0.3) is 26.4 Å². The number of imidazole rings is 1. The highest BCUT2D eigenvalue weighted by Crippen LogP contribution is 2.31. The number of ether oxygens (including phenoxy) is 1. The van der Waals surface area contributed by atoms with Gasteiger partial charge < -0.3 is 14.5 Å². The van der Waals surface area contributed by atoms with Crippen LogP contribution in [0.5, 0.6) is 0 Å². The van der Waals surface area contributed by atoms with Crippen LogP contribution in [-0.2, 0) is 9.53 Å². The van der Waals surface area contributed by atoms with Crippen LogP contribution >= 0.6 is 11.3 Å². The average Bonchev–Trinajstić information content (AvgIpc) is 3.41. The number of hydrogen-bond donors (Lipinski definition) is 1. The Bertz CT molecular complexity index is 1500. The summed E-state index contributed by atoms with van der Waals surface area (Å²) >= 11 is 1.63. The second kappa shape index (κ2) is 8.48. The molecule has 0 saturated carbocycles. The van der Waals surface area contributed by atoms with Crippen LogP contribution in [0.15, 0.2) is 67.0 Å². The Hall–Kier alpha value is -4.04. The molecule has 0 aliphatic carbocycles. The first-order valence-corrected chi connectivity index (χ1v) is 11.2. The van der Waals surface area contributed by atoms with Crippen LogP contribution in [0.2, 0.25) is 0 Å². The molecule has 0 atom stereocenters. The summed E-state index contributed by atoms with van der Waals surface area (Å²) in [6.07, 6.45) is 3.40. The number of carbonyl (C=O) groups excluding carboxylic acids is 2. The van der Waals surface area contributed by atoms with Crippen molar-refractivity contribution in [3.8, 4) is 10.6 Å². The quantitative estimate of drug-likeness (QED) is 0.375. The highest BCUT2D eigenvalue weighted by molar-refractivity contribution is 7.21. The molecule has 1 N–H and O–H groups in total. The van der Waals surface area contributed by atoms with Crippen LogP contribution in [-0.4, -0.2) is 32.9 Å². The summed E-state index contributed by atoms with van der Waals surface area (Å²) in [6.45, 7) is 3.61. The van der Waals surface area contributed by atoms with Crippen molar-refractivity contribution in [3.63, 3.8) is 0 Å². The van der Waals surface area contributed by atoms with Gasteiger partial charge >= 0.3 is 5.97 Å². The van der Waals surface area contributed by atoms with E-state index < -0.39 is 18.5 Å². The largest absolute Gasteiger partial charge is 0.451 e. The van der Waals surface area contributed by atoms with Gasteiger partial charge in [-0.05, 0) is 73.5 Å². The van der Waals surface area contributed by atoms with Crippen LogP contribution in [0.3, 0.4) is 0 Å². The third kappa shape index (κ3) is 4.47. The zero-order valence-corrected chi connectivity index (χ0v) is 18.8. The van der Waals surface area contributed by atoms with Gasteiger partial charge in [0, 0.05) is 23.6 Å². The first-order valence-electron chi connectivity index (χ1n) is 10.3. The molecule has 5 rings (SSSR count). The molecule has 0 fully saturated rings. The molecule has 8 heteroatoms. The van der Waals surface area contributed by atoms with Gasteiger partial charge in [-0.2, -0.15) is 0 Å². The molecule has 0 spiro atoms. The predicted octanol–water partition coefficient (Wildman–Crippen LogP) is 5.02. The van der Waals surface area contributed by atoms with Crippen molar-refractivity contribution >= 4 is 44.8 Å². The average molecular weight is 457 g/mol. The number of aromatic nitrogens is 3. The number of amides is 1. The van der Waals surface area contributed by atoms with E-state index in [0.717, 1.165) is 26.4 Å². The molecule has 3 heterocycles. The van der Waals surface area contributed by atoms with E-state index in [1.165, 1.54) is 5.56 Å². The molecule has 0 radical (unpaired) electrons. The minimum absolute atomic E-state index is 0.156. The number of thiazole rings is 1. The van der Waals surface area contributed by atoms with Gasteiger partial charge in [-0.25, -0.2) is 14.8 Å². The summed E-state index contributed by atoms with van der Waals surface area (Å²) in [5, 5.41) is 3.66. The lowest BCUT2D eigenvalue weighted by molar-refractivity contribution is -0.119. The molecular weight excluding hydrogens is 436 g/mol. The molecule has 1 amide bonds. The van der Waals surface area contributed by atoms with E-state index in [1.807, 2.05) is 49.5 Å². The minimum Gasteiger partial charge on any atom is -0.451 e. The lowest BCUT2D eigenvalue weighted by Gasteiger charge is -2.06. The van der Waals surface area contributed by atoms with Crippen molar-refractivity contribution in [2.24, 2.45) is 0 Å². The molecule has 3 aromatic heterocycles. The lowest BCUT2D eigenvalue weighted by atomic mass is 10.2. The van der Waals surface area contributed by atoms with Crippen LogP contribution in [0.4, 0.5) is 5.69 Å². The molecule has 0 aliphatic heterocycles. The number of anilines is 1. The number of aryl methyl sites for hydroxylation is 2. The van der Waals surface area contributed by atoms with Gasteiger partial charge in [-0.1, -0.05) is 6.07 Å². The van der Waals surface area contributed by atoms with Gasteiger partial charge in [0.1, 0.15) is 10.7 Å². The maximum Gasteiger partial charge on any atom is 0.359 e. The van der Waals surface area contributed by atoms with Gasteiger partial charge in [0.15, 0.2) is 12.3 Å². The maximum atomic E-state index is 12.3. The minimum atomic E-state index is -0.645. The number of hydrogen-bond acceptors (Lipinski definition) is 6. The number of esters is 1. The second-order valence-corrected chi connectivity index (χ2v) is 8.82. The third-order valence-corrected chi connectivity index (χ3v) is 6.19. The molecule has 7 nitrogen and oxygen atoms in total. The summed E-state index contributed by atoms with van der Waals surface area (Å²) in [5.41, 5.74) is 5.60. The third-order valence-electron chi connectivity index (χ3n) is 5.12. The first kappa shape index (κ1) is 20.8. The Morgan fingerprint density at radius 3 is 2.61 bits per heavy atom. The van der Waals surface area contributed by atoms with Crippen LogP contribution < -0.4 is 5.32 Å². The van der Waals surface area contributed by atoms with E-state index >= 15 is 0 Å². The molecule has 0 unspecified atom stereocenters. The number of pyridine rings is 1. The Morgan fingerprint density at radius 2 is 1.79 bits per heavy atom. The van der Waals surface area contributed by atoms with E-state index in [-0.39, 0.29) is 5.69 Å². The number of rotatable bonds is 5. The van der Waals surface area contributed by atoms with Crippen LogP contribution in [0.1, 0.15) is 21.6 Å². The Morgan fingerprint density at radius 1 is 1.00 bits per heavy atom. The molecule has 5 aromatic rings. The normalized spacial score (nSPS) is 11.1. The standard InChI is InChI=1S/C25H20N4O3S/c1-15-3-8-19-21(11-15)33-24(28-19)17-4-6-18(7-5-17)26-23(30)14-32-25(31)20-13-29-10-9-16(2)12-22(29)27-20/h3-13H,14H2,1-2H3,(H,26,30). The van der Waals surface area contributed by atoms with E-state index in [0.29, 0.717) is 11.3 Å². The van der Waals surface area contributed by atoms with Gasteiger partial charge in [0.05, 0.1) is 10.2 Å². The predicted molar refractivity (Wildman–Crippen MR) is 129 cm³/mol. The fraction of sp³-hybridized carbons (Fsp3) is 0.120. The summed E-state index contributed by atoms with van der Waals surface area (Å²) in [7, 11) is 0. The number of fused-ring (bicyclic) bond motifs is 2. The maximum absolute atomic E-state index is 12.3. The van der Waals surface area contributed by atoms with E-state index in [2.05, 4.69) is 28.3 Å². The molecule has 33 heavy (non-hydrogen) atoms. The highest BCUT2D eigenvalue weighted by Gasteiger charge is 2.15. The molecule has 164 valence electrons. The van der Waals surface area contributed by atoms with E-state index in [4.69, 9.17) is 4.74 Å². The van der Waals surface area contributed by atoms with Crippen molar-refractivity contribution < 1.29 is 14.3 Å². The first-order chi connectivity index (χ1) is 15.9. The van der Waals surface area contributed by atoms with Gasteiger partial charge in [0.25, 0.3) is 5.91 Å². The summed E-state index contributed by atoms with van der Waals surface area (Å²) in [6, 6.07) is 17.4. The monoisotopic (exact) mass is 456 g/mol. The molecular formula is C25H20N4O3S.